The third-order valence-corrected chi connectivity index (χ3v) is 8.80. The van der Waals surface area contributed by atoms with Crippen LogP contribution in [-0.4, -0.2) is 0 Å². The highest BCUT2D eigenvalue weighted by atomic mass is 16.3. The van der Waals surface area contributed by atoms with Crippen LogP contribution in [0.5, 0.6) is 0 Å². The second-order valence-electron chi connectivity index (χ2n) is 11.3. The molecule has 0 aliphatic heterocycles. The number of benzene rings is 8. The molecule has 1 heteroatoms. The van der Waals surface area contributed by atoms with Crippen molar-refractivity contribution in [1.82, 2.24) is 0 Å². The molecule has 45 heavy (non-hydrogen) atoms. The van der Waals surface area contributed by atoms with Gasteiger partial charge in [0.15, 0.2) is 0 Å². The number of hydrogen-bond donors (Lipinski definition) is 0. The molecular weight excluding hydrogens is 544 g/mol. The molecule has 1 aromatic heterocycles. The molecule has 0 radical (unpaired) electrons. The summed E-state index contributed by atoms with van der Waals surface area (Å²) in [5.41, 5.74) is 8.48. The highest BCUT2D eigenvalue weighted by molar-refractivity contribution is 6.26. The maximum Gasteiger partial charge on any atom is 0.136 e. The summed E-state index contributed by atoms with van der Waals surface area (Å²) in [6.45, 7) is 0. The normalized spacial score (nSPS) is 12.8. The first-order chi connectivity index (χ1) is 24.0. The first-order valence-electron chi connectivity index (χ1n) is 17.1. The number of fused-ring (bicyclic) bond motifs is 5. The zero-order chi connectivity index (χ0) is 33.2. The predicted octanol–water partition coefficient (Wildman–Crippen LogP) is 12.6. The van der Waals surface area contributed by atoms with E-state index in [-0.39, 0.29) is 24.2 Å². The van der Waals surface area contributed by atoms with E-state index in [2.05, 4.69) is 72.8 Å². The molecule has 0 aliphatic rings. The van der Waals surface area contributed by atoms with Crippen LogP contribution in [0.15, 0.2) is 174 Å². The highest BCUT2D eigenvalue weighted by Gasteiger charge is 2.21. The van der Waals surface area contributed by atoms with E-state index in [0.717, 1.165) is 76.9 Å². The Labute approximate surface area is 267 Å². The molecule has 210 valence electrons. The Morgan fingerprint density at radius 3 is 1.58 bits per heavy atom. The van der Waals surface area contributed by atoms with Crippen LogP contribution in [0.2, 0.25) is 0 Å². The van der Waals surface area contributed by atoms with Gasteiger partial charge in [0.05, 0.1) is 5.48 Å². The van der Waals surface area contributed by atoms with E-state index in [1.54, 1.807) is 0 Å². The van der Waals surface area contributed by atoms with Crippen LogP contribution < -0.4 is 0 Å². The Hall–Kier alpha value is -5.92. The number of rotatable bonds is 4. The van der Waals surface area contributed by atoms with Gasteiger partial charge in [-0.05, 0) is 84.3 Å². The van der Waals surface area contributed by atoms with E-state index < -0.39 is 0 Å². The lowest BCUT2D eigenvalue weighted by Crippen LogP contribution is -1.93. The second-order valence-corrected chi connectivity index (χ2v) is 11.3. The molecule has 9 aromatic rings. The van der Waals surface area contributed by atoms with Crippen molar-refractivity contribution in [1.29, 1.82) is 0 Å². The summed E-state index contributed by atoms with van der Waals surface area (Å²) in [5.74, 6) is 0. The van der Waals surface area contributed by atoms with E-state index >= 15 is 0 Å². The predicted molar refractivity (Wildman–Crippen MR) is 190 cm³/mol. The van der Waals surface area contributed by atoms with Crippen molar-refractivity contribution in [2.24, 2.45) is 0 Å². The molecule has 0 amide bonds. The van der Waals surface area contributed by atoms with Gasteiger partial charge in [-0.1, -0.05) is 152 Å². The Morgan fingerprint density at radius 1 is 0.378 bits per heavy atom. The summed E-state index contributed by atoms with van der Waals surface area (Å²) < 4.78 is 42.2. The second kappa shape index (κ2) is 10.4. The quantitative estimate of drug-likeness (QED) is 0.190. The van der Waals surface area contributed by atoms with Gasteiger partial charge in [0.25, 0.3) is 0 Å². The monoisotopic (exact) mass is 576 g/mol. The lowest BCUT2D eigenvalue weighted by Gasteiger charge is -2.20. The van der Waals surface area contributed by atoms with Crippen molar-refractivity contribution in [3.8, 4) is 44.5 Å². The molecule has 0 spiro atoms. The lowest BCUT2D eigenvalue weighted by atomic mass is 9.83. The molecule has 9 rings (SSSR count). The van der Waals surface area contributed by atoms with Gasteiger partial charge in [0.1, 0.15) is 11.2 Å². The fraction of sp³-hybridized carbons (Fsp3) is 0. The molecule has 0 saturated heterocycles. The molecule has 0 unspecified atom stereocenters. The van der Waals surface area contributed by atoms with Crippen LogP contribution in [0, 0.1) is 0 Å². The van der Waals surface area contributed by atoms with Gasteiger partial charge in [0.2, 0.25) is 0 Å². The van der Waals surface area contributed by atoms with E-state index in [1.807, 2.05) is 72.8 Å². The van der Waals surface area contributed by atoms with Gasteiger partial charge in [-0.25, -0.2) is 0 Å². The SMILES string of the molecule is [2H]c1c([2H])c([2H])c(-c2c3ccccc3c(-c3cccc4oc5ccc(-c6ccccc6)cc5c34)c3ccccc23)c(-c2ccccc2)c1[2H]. The van der Waals surface area contributed by atoms with Crippen LogP contribution in [0.1, 0.15) is 5.48 Å². The molecule has 0 bridgehead atoms. The fourth-order valence-electron chi connectivity index (χ4n) is 6.85. The first kappa shape index (κ1) is 21.7. The molecular formula is C44H28O. The van der Waals surface area contributed by atoms with Gasteiger partial charge in [-0.2, -0.15) is 0 Å². The van der Waals surface area contributed by atoms with Crippen LogP contribution in [-0.2, 0) is 0 Å². The standard InChI is InChI=1S/C44H28O/c1-3-14-29(15-4-1)31-26-27-40-39(28-31)44-38(24-13-25-41(44)45-40)43-36-22-11-9-20-34(36)42(35-21-10-12-23-37(35)43)33-19-8-7-18-32(33)30-16-5-2-6-17-30/h1-28H/i7D,8D,18D,19D. The maximum atomic E-state index is 9.29. The van der Waals surface area contributed by atoms with Crippen molar-refractivity contribution < 1.29 is 9.90 Å². The number of hydrogen-bond acceptors (Lipinski definition) is 1. The molecule has 8 aromatic carbocycles. The molecule has 0 fully saturated rings. The van der Waals surface area contributed by atoms with Crippen molar-refractivity contribution in [3.05, 3.63) is 170 Å². The average molecular weight is 577 g/mol. The van der Waals surface area contributed by atoms with Crippen molar-refractivity contribution >= 4 is 43.5 Å². The summed E-state index contributed by atoms with van der Waals surface area (Å²) in [7, 11) is 0. The van der Waals surface area contributed by atoms with Crippen LogP contribution in [0.3, 0.4) is 0 Å². The molecule has 0 aliphatic carbocycles. The minimum absolute atomic E-state index is 0.0525. The van der Waals surface area contributed by atoms with E-state index in [1.165, 1.54) is 0 Å². The maximum absolute atomic E-state index is 9.29. The molecule has 0 N–H and O–H groups in total. The van der Waals surface area contributed by atoms with Gasteiger partial charge in [0, 0.05) is 10.8 Å². The molecule has 1 nitrogen and oxygen atoms in total. The van der Waals surface area contributed by atoms with Gasteiger partial charge in [-0.15, -0.1) is 0 Å². The number of furan rings is 1. The van der Waals surface area contributed by atoms with E-state index in [9.17, 15) is 1.37 Å². The molecule has 0 atom stereocenters. The van der Waals surface area contributed by atoms with E-state index in [4.69, 9.17) is 8.53 Å². The van der Waals surface area contributed by atoms with Gasteiger partial charge in [-0.3, -0.25) is 0 Å². The van der Waals surface area contributed by atoms with Crippen LogP contribution in [0.25, 0.3) is 88.0 Å². The summed E-state index contributed by atoms with van der Waals surface area (Å²) >= 11 is 0. The summed E-state index contributed by atoms with van der Waals surface area (Å²) in [4.78, 5) is 0. The van der Waals surface area contributed by atoms with E-state index in [0.29, 0.717) is 11.1 Å². The van der Waals surface area contributed by atoms with Crippen LogP contribution in [0.4, 0.5) is 0 Å². The zero-order valence-corrected chi connectivity index (χ0v) is 24.3. The molecule has 1 heterocycles. The average Bonchev–Trinajstić information content (AvgIpc) is 3.54. The van der Waals surface area contributed by atoms with Crippen molar-refractivity contribution in [3.63, 3.8) is 0 Å². The van der Waals surface area contributed by atoms with Crippen LogP contribution >= 0.6 is 0 Å². The Kier molecular flexibility index (Phi) is 5.00. The van der Waals surface area contributed by atoms with Crippen molar-refractivity contribution in [2.45, 2.75) is 0 Å². The summed E-state index contributed by atoms with van der Waals surface area (Å²) in [6, 6.07) is 48.3. The smallest absolute Gasteiger partial charge is 0.136 e. The topological polar surface area (TPSA) is 13.1 Å². The largest absolute Gasteiger partial charge is 0.456 e. The molecule has 0 saturated carbocycles. The van der Waals surface area contributed by atoms with Gasteiger partial charge >= 0.3 is 0 Å². The minimum Gasteiger partial charge on any atom is -0.456 e. The first-order valence-corrected chi connectivity index (χ1v) is 15.1. The Balaban J connectivity index is 1.43. The third-order valence-electron chi connectivity index (χ3n) is 8.80. The van der Waals surface area contributed by atoms with Crippen molar-refractivity contribution in [2.75, 3.05) is 0 Å². The summed E-state index contributed by atoms with van der Waals surface area (Å²) in [5, 5.41) is 5.87. The zero-order valence-electron chi connectivity index (χ0n) is 28.3. The highest BCUT2D eigenvalue weighted by Crippen LogP contribution is 2.48. The minimum atomic E-state index is -0.249. The van der Waals surface area contributed by atoms with Gasteiger partial charge < -0.3 is 4.42 Å². The Morgan fingerprint density at radius 2 is 0.933 bits per heavy atom. The Bertz CT molecular complexity index is 2690. The lowest BCUT2D eigenvalue weighted by molar-refractivity contribution is 0.669. The fourth-order valence-corrected chi connectivity index (χ4v) is 6.85. The summed E-state index contributed by atoms with van der Waals surface area (Å²) in [6.07, 6.45) is 0. The third kappa shape index (κ3) is 4.09.